The smallest absolute Gasteiger partial charge is 0.323 e. The van der Waals surface area contributed by atoms with E-state index in [4.69, 9.17) is 4.74 Å². The van der Waals surface area contributed by atoms with Crippen LogP contribution in [-0.2, 0) is 4.74 Å². The summed E-state index contributed by atoms with van der Waals surface area (Å²) in [5.41, 5.74) is 0.654. The Balaban J connectivity index is 0. The molecule has 0 aromatic heterocycles. The van der Waals surface area contributed by atoms with Gasteiger partial charge in [-0.15, -0.1) is 13.2 Å². The summed E-state index contributed by atoms with van der Waals surface area (Å²) in [6.45, 7) is 12.4. The van der Waals surface area contributed by atoms with Gasteiger partial charge in [0, 0.05) is 5.57 Å². The average molecular weight is 256 g/mol. The zero-order valence-corrected chi connectivity index (χ0v) is 12.4. The molecule has 104 valence electrons. The summed E-state index contributed by atoms with van der Waals surface area (Å²) < 4.78 is 20.2. The van der Waals surface area contributed by atoms with Crippen molar-refractivity contribution in [2.45, 2.75) is 27.2 Å². The Hall–Kier alpha value is -1.38. The van der Waals surface area contributed by atoms with Crippen molar-refractivity contribution in [2.75, 3.05) is 20.7 Å². The standard InChI is InChI=1S/C11H17FNO.C2H6.C2H4/c1-9-4-5-11(12)10(6-9)7-14-8-13(2)3;2*1-2/h5-6,8-9H,4,7H2,1-3H3;1-2H3;1-2H2/q+1;;/t9-;;/m0../s1. The minimum atomic E-state index is -0.143. The molecule has 2 nitrogen and oxygen atoms in total. The van der Waals surface area contributed by atoms with Gasteiger partial charge in [-0.25, -0.2) is 8.97 Å². The van der Waals surface area contributed by atoms with Crippen molar-refractivity contribution in [1.29, 1.82) is 0 Å². The first kappa shape index (κ1) is 19.0. The van der Waals surface area contributed by atoms with Gasteiger partial charge in [0.25, 0.3) is 0 Å². The number of ether oxygens (including phenoxy) is 1. The van der Waals surface area contributed by atoms with E-state index in [1.54, 1.807) is 17.1 Å². The highest BCUT2D eigenvalue weighted by molar-refractivity contribution is 5.41. The first-order valence-electron chi connectivity index (χ1n) is 6.27. The Morgan fingerprint density at radius 3 is 2.50 bits per heavy atom. The van der Waals surface area contributed by atoms with Crippen molar-refractivity contribution >= 4 is 6.40 Å². The van der Waals surface area contributed by atoms with E-state index in [-0.39, 0.29) is 5.83 Å². The van der Waals surface area contributed by atoms with Crippen molar-refractivity contribution in [1.82, 2.24) is 0 Å². The molecule has 1 atom stereocenters. The zero-order chi connectivity index (χ0) is 14.6. The first-order chi connectivity index (χ1) is 8.59. The lowest BCUT2D eigenvalue weighted by atomic mass is 9.98. The summed E-state index contributed by atoms with van der Waals surface area (Å²) in [5.74, 6) is 0.266. The van der Waals surface area contributed by atoms with Crippen LogP contribution in [0, 0.1) is 5.92 Å². The maximum absolute atomic E-state index is 13.2. The summed E-state index contributed by atoms with van der Waals surface area (Å²) >= 11 is 0. The Morgan fingerprint density at radius 1 is 1.44 bits per heavy atom. The summed E-state index contributed by atoms with van der Waals surface area (Å²) in [5, 5.41) is 0. The SMILES string of the molecule is C=C.CC.C[C@@H]1C=C(COC=[N+](C)C)C(F)=CC1. The fraction of sp³-hybridized carbons (Fsp3) is 0.533. The van der Waals surface area contributed by atoms with Crippen molar-refractivity contribution in [3.05, 3.63) is 36.7 Å². The fourth-order valence-electron chi connectivity index (χ4n) is 1.30. The Morgan fingerprint density at radius 2 is 2.00 bits per heavy atom. The van der Waals surface area contributed by atoms with Crippen LogP contribution in [0.5, 0.6) is 0 Å². The molecule has 0 N–H and O–H groups in total. The van der Waals surface area contributed by atoms with Crippen molar-refractivity contribution < 1.29 is 13.7 Å². The quantitative estimate of drug-likeness (QED) is 0.322. The third-order valence-corrected chi connectivity index (χ3v) is 1.99. The minimum absolute atomic E-state index is 0.143. The number of allylic oxidation sites excluding steroid dienone is 2. The fourth-order valence-corrected chi connectivity index (χ4v) is 1.30. The number of nitrogens with zero attached hydrogens (tertiary/aromatic N) is 1. The topological polar surface area (TPSA) is 12.2 Å². The predicted molar refractivity (Wildman–Crippen MR) is 77.8 cm³/mol. The average Bonchev–Trinajstić information content (AvgIpc) is 2.38. The molecule has 0 aromatic carbocycles. The van der Waals surface area contributed by atoms with E-state index in [0.717, 1.165) is 6.42 Å². The van der Waals surface area contributed by atoms with Gasteiger partial charge < -0.3 is 4.74 Å². The third kappa shape index (κ3) is 8.74. The molecule has 0 saturated heterocycles. The van der Waals surface area contributed by atoms with Crippen LogP contribution in [0.25, 0.3) is 0 Å². The molecule has 0 radical (unpaired) electrons. The van der Waals surface area contributed by atoms with Crippen molar-refractivity contribution in [3.63, 3.8) is 0 Å². The largest absolute Gasteiger partial charge is 0.445 e. The zero-order valence-electron chi connectivity index (χ0n) is 12.4. The maximum atomic E-state index is 13.2. The molecule has 0 heterocycles. The molecule has 0 spiro atoms. The van der Waals surface area contributed by atoms with Gasteiger partial charge >= 0.3 is 6.40 Å². The van der Waals surface area contributed by atoms with Crippen LogP contribution in [-0.4, -0.2) is 31.7 Å². The third-order valence-electron chi connectivity index (χ3n) is 1.99. The summed E-state index contributed by atoms with van der Waals surface area (Å²) in [6.07, 6.45) is 5.91. The summed E-state index contributed by atoms with van der Waals surface area (Å²) in [4.78, 5) is 0. The van der Waals surface area contributed by atoms with Gasteiger partial charge in [0.15, 0.2) is 0 Å². The van der Waals surface area contributed by atoms with E-state index in [2.05, 4.69) is 20.1 Å². The van der Waals surface area contributed by atoms with E-state index in [9.17, 15) is 4.39 Å². The molecule has 0 aromatic rings. The van der Waals surface area contributed by atoms with Crippen LogP contribution < -0.4 is 0 Å². The molecule has 0 saturated carbocycles. The number of hydrogen-bond donors (Lipinski definition) is 0. The van der Waals surface area contributed by atoms with Gasteiger partial charge in [-0.3, -0.25) is 0 Å². The van der Waals surface area contributed by atoms with E-state index >= 15 is 0 Å². The predicted octanol–water partition coefficient (Wildman–Crippen LogP) is 3.95. The lowest BCUT2D eigenvalue weighted by Gasteiger charge is -2.13. The lowest BCUT2D eigenvalue weighted by molar-refractivity contribution is -0.468. The second kappa shape index (κ2) is 12.1. The van der Waals surface area contributed by atoms with Gasteiger partial charge in [-0.1, -0.05) is 26.8 Å². The second-order valence-electron chi connectivity index (χ2n) is 3.84. The molecule has 18 heavy (non-hydrogen) atoms. The van der Waals surface area contributed by atoms with E-state index < -0.39 is 0 Å². The molecule has 1 aliphatic rings. The molecule has 0 amide bonds. The van der Waals surface area contributed by atoms with Gasteiger partial charge in [-0.05, 0) is 18.4 Å². The van der Waals surface area contributed by atoms with Crippen LogP contribution in [0.2, 0.25) is 0 Å². The van der Waals surface area contributed by atoms with Crippen LogP contribution in [0.1, 0.15) is 27.2 Å². The number of hydrogen-bond acceptors (Lipinski definition) is 1. The molecule has 0 unspecified atom stereocenters. The van der Waals surface area contributed by atoms with Gasteiger partial charge in [0.05, 0.1) is 0 Å². The van der Waals surface area contributed by atoms with Crippen molar-refractivity contribution in [2.24, 2.45) is 5.92 Å². The van der Waals surface area contributed by atoms with E-state index in [1.807, 2.05) is 34.0 Å². The molecule has 0 fully saturated rings. The van der Waals surface area contributed by atoms with Crippen LogP contribution in [0.15, 0.2) is 36.7 Å². The molecule has 0 bridgehead atoms. The number of rotatable bonds is 3. The highest BCUT2D eigenvalue weighted by Crippen LogP contribution is 2.23. The van der Waals surface area contributed by atoms with Crippen LogP contribution in [0.3, 0.4) is 0 Å². The van der Waals surface area contributed by atoms with Crippen LogP contribution in [0.4, 0.5) is 4.39 Å². The Kier molecular flexibility index (Phi) is 12.7. The Labute approximate surface area is 111 Å². The van der Waals surface area contributed by atoms with Crippen LogP contribution >= 0.6 is 0 Å². The van der Waals surface area contributed by atoms with Gasteiger partial charge in [-0.2, -0.15) is 0 Å². The highest BCUT2D eigenvalue weighted by atomic mass is 19.1. The van der Waals surface area contributed by atoms with Gasteiger partial charge in [0.2, 0.25) is 0 Å². The normalized spacial score (nSPS) is 16.9. The van der Waals surface area contributed by atoms with Crippen molar-refractivity contribution in [3.8, 4) is 0 Å². The Bertz CT molecular complexity index is 302. The molecule has 3 heteroatoms. The molecular weight excluding hydrogens is 229 g/mol. The minimum Gasteiger partial charge on any atom is -0.445 e. The van der Waals surface area contributed by atoms with E-state index in [0.29, 0.717) is 18.1 Å². The van der Waals surface area contributed by atoms with E-state index in [1.165, 1.54) is 0 Å². The monoisotopic (exact) mass is 256 g/mol. The molecule has 1 rings (SSSR count). The summed E-state index contributed by atoms with van der Waals surface area (Å²) in [7, 11) is 3.73. The maximum Gasteiger partial charge on any atom is 0.323 e. The highest BCUT2D eigenvalue weighted by Gasteiger charge is 2.12. The lowest BCUT2D eigenvalue weighted by Crippen LogP contribution is -2.08. The number of halogens is 1. The summed E-state index contributed by atoms with van der Waals surface area (Å²) in [6, 6.07) is 0. The first-order valence-corrected chi connectivity index (χ1v) is 6.27. The molecular formula is C15H27FNO+. The second-order valence-corrected chi connectivity index (χ2v) is 3.84. The molecule has 0 aliphatic heterocycles. The van der Waals surface area contributed by atoms with Gasteiger partial charge in [0.1, 0.15) is 26.5 Å². The molecule has 1 aliphatic carbocycles.